The van der Waals surface area contributed by atoms with Crippen LogP contribution in [-0.4, -0.2) is 29.9 Å². The van der Waals surface area contributed by atoms with Gasteiger partial charge in [0.05, 0.1) is 23.6 Å². The molecule has 0 aliphatic carbocycles. The lowest BCUT2D eigenvalue weighted by Crippen LogP contribution is -1.96. The first-order valence-corrected chi connectivity index (χ1v) is 12.1. The van der Waals surface area contributed by atoms with Gasteiger partial charge in [-0.1, -0.05) is 70.1 Å². The minimum atomic E-state index is -0.555. The van der Waals surface area contributed by atoms with Crippen molar-refractivity contribution in [3.8, 4) is 11.5 Å². The van der Waals surface area contributed by atoms with Crippen molar-refractivity contribution < 1.29 is 24.2 Å². The molecule has 0 fully saturated rings. The number of hydrogen-bond acceptors (Lipinski definition) is 9. The van der Waals surface area contributed by atoms with Crippen molar-refractivity contribution >= 4 is 30.6 Å². The zero-order valence-corrected chi connectivity index (χ0v) is 21.4. The molecule has 40 heavy (non-hydrogen) atoms. The molecule has 0 bridgehead atoms. The van der Waals surface area contributed by atoms with E-state index in [0.29, 0.717) is 22.4 Å². The van der Waals surface area contributed by atoms with Crippen LogP contribution in [0.2, 0.25) is 0 Å². The van der Waals surface area contributed by atoms with Crippen molar-refractivity contribution in [2.24, 2.45) is 15.5 Å². The van der Waals surface area contributed by atoms with E-state index in [1.807, 2.05) is 37.3 Å². The maximum atomic E-state index is 11.6. The molecule has 0 heterocycles. The van der Waals surface area contributed by atoms with Gasteiger partial charge in [-0.15, -0.1) is 0 Å². The quantitative estimate of drug-likeness (QED) is 0.0933. The maximum Gasteiger partial charge on any atom is 0.315 e. The van der Waals surface area contributed by atoms with Crippen molar-refractivity contribution in [3.05, 3.63) is 134 Å². The molecular formula is C30H24N4O6. The summed E-state index contributed by atoms with van der Waals surface area (Å²) in [5.74, 6) is 0.523. The summed E-state index contributed by atoms with van der Waals surface area (Å²) in [6, 6.07) is 26.1. The van der Waals surface area contributed by atoms with E-state index in [-0.39, 0.29) is 18.0 Å². The Labute approximate surface area is 229 Å². The second kappa shape index (κ2) is 13.8. The molecule has 0 N–H and O–H groups in total. The fourth-order valence-electron chi connectivity index (χ4n) is 3.42. The Balaban J connectivity index is 1.34. The summed E-state index contributed by atoms with van der Waals surface area (Å²) < 4.78 is 0. The van der Waals surface area contributed by atoms with Gasteiger partial charge < -0.3 is 14.5 Å². The molecule has 0 aromatic heterocycles. The number of carbonyl (C=O) groups is 1. The summed E-state index contributed by atoms with van der Waals surface area (Å²) >= 11 is 0. The predicted octanol–water partition coefficient (Wildman–Crippen LogP) is 6.09. The van der Waals surface area contributed by atoms with Crippen molar-refractivity contribution in [1.29, 1.82) is 0 Å². The molecule has 0 atom stereocenters. The predicted molar refractivity (Wildman–Crippen MR) is 151 cm³/mol. The van der Waals surface area contributed by atoms with Crippen LogP contribution in [0, 0.1) is 17.0 Å². The fraction of sp³-hybridized carbons (Fsp3) is 0.0667. The van der Waals surface area contributed by atoms with Crippen molar-refractivity contribution in [1.82, 2.24) is 0 Å². The van der Waals surface area contributed by atoms with Gasteiger partial charge in [-0.3, -0.25) is 14.9 Å². The molecule has 0 unspecified atom stereocenters. The Hall–Kier alpha value is -5.64. The Morgan fingerprint density at radius 1 is 0.725 bits per heavy atom. The van der Waals surface area contributed by atoms with Crippen LogP contribution in [0.4, 0.5) is 5.69 Å². The van der Waals surface area contributed by atoms with Crippen molar-refractivity contribution in [2.75, 3.05) is 0 Å². The minimum absolute atomic E-state index is 0.0178. The van der Waals surface area contributed by atoms with Crippen LogP contribution in [-0.2, 0) is 11.4 Å². The zero-order chi connectivity index (χ0) is 28.2. The highest BCUT2D eigenvalue weighted by atomic mass is 16.7. The standard InChI is InChI=1S/C30H24N4O6/c1-22-15-26(11-13-29(22)39-32-17-23-7-9-24(20-35)10-8-23)19-33-40-30-14-12-27(16-28(30)34(36)37)18-31-38-21-25-5-3-2-4-6-25/h2-20H,21H2,1H3/b31-18+,32-17+,33-19+. The average Bonchev–Trinajstić information content (AvgIpc) is 2.97. The van der Waals surface area contributed by atoms with E-state index in [0.717, 1.165) is 23.0 Å². The van der Waals surface area contributed by atoms with Gasteiger partial charge in [0, 0.05) is 17.2 Å². The molecule has 4 aromatic rings. The molecule has 4 rings (SSSR count). The van der Waals surface area contributed by atoms with Crippen LogP contribution < -0.4 is 9.68 Å². The molecule has 0 aliphatic heterocycles. The summed E-state index contributed by atoms with van der Waals surface area (Å²) in [7, 11) is 0. The largest absolute Gasteiger partial charge is 0.391 e. The van der Waals surface area contributed by atoms with E-state index in [1.54, 1.807) is 54.7 Å². The van der Waals surface area contributed by atoms with Crippen LogP contribution in [0.1, 0.15) is 38.2 Å². The highest BCUT2D eigenvalue weighted by molar-refractivity contribution is 5.83. The molecule has 0 saturated carbocycles. The maximum absolute atomic E-state index is 11.6. The lowest BCUT2D eigenvalue weighted by atomic mass is 10.1. The first kappa shape index (κ1) is 27.4. The molecular weight excluding hydrogens is 512 g/mol. The normalized spacial score (nSPS) is 11.2. The lowest BCUT2D eigenvalue weighted by molar-refractivity contribution is -0.385. The first-order valence-electron chi connectivity index (χ1n) is 12.1. The number of nitro benzene ring substituents is 1. The Morgan fingerprint density at radius 2 is 1.30 bits per heavy atom. The fourth-order valence-corrected chi connectivity index (χ4v) is 3.42. The van der Waals surface area contributed by atoms with Gasteiger partial charge in [-0.25, -0.2) is 0 Å². The number of carbonyl (C=O) groups excluding carboxylic acids is 1. The van der Waals surface area contributed by atoms with E-state index in [9.17, 15) is 14.9 Å². The van der Waals surface area contributed by atoms with Crippen LogP contribution in [0.25, 0.3) is 0 Å². The number of aldehydes is 1. The second-order valence-electron chi connectivity index (χ2n) is 8.44. The van der Waals surface area contributed by atoms with Gasteiger partial charge in [0.15, 0.2) is 5.75 Å². The topological polar surface area (TPSA) is 125 Å². The highest BCUT2D eigenvalue weighted by Crippen LogP contribution is 2.28. The molecule has 0 amide bonds. The number of nitrogens with zero attached hydrogens (tertiary/aromatic N) is 4. The van der Waals surface area contributed by atoms with Gasteiger partial charge in [0.1, 0.15) is 12.9 Å². The Kier molecular flexibility index (Phi) is 9.43. The number of aryl methyl sites for hydroxylation is 1. The number of hydrogen-bond donors (Lipinski definition) is 0. The summed E-state index contributed by atoms with van der Waals surface area (Å²) in [5, 5.41) is 23.3. The third kappa shape index (κ3) is 7.93. The lowest BCUT2D eigenvalue weighted by Gasteiger charge is -2.04. The zero-order valence-electron chi connectivity index (χ0n) is 21.4. The number of rotatable bonds is 12. The van der Waals surface area contributed by atoms with E-state index in [1.165, 1.54) is 24.6 Å². The average molecular weight is 537 g/mol. The van der Waals surface area contributed by atoms with Gasteiger partial charge >= 0.3 is 5.69 Å². The van der Waals surface area contributed by atoms with Gasteiger partial charge in [0.2, 0.25) is 5.75 Å². The number of benzene rings is 4. The molecule has 0 radical (unpaired) electrons. The van der Waals surface area contributed by atoms with Crippen LogP contribution in [0.3, 0.4) is 0 Å². The highest BCUT2D eigenvalue weighted by Gasteiger charge is 2.16. The van der Waals surface area contributed by atoms with E-state index >= 15 is 0 Å². The van der Waals surface area contributed by atoms with Crippen LogP contribution in [0.5, 0.6) is 11.5 Å². The van der Waals surface area contributed by atoms with E-state index in [4.69, 9.17) is 14.5 Å². The Bertz CT molecular complexity index is 1550. The van der Waals surface area contributed by atoms with Crippen LogP contribution in [0.15, 0.2) is 106 Å². The number of oxime groups is 3. The monoisotopic (exact) mass is 536 g/mol. The molecule has 10 nitrogen and oxygen atoms in total. The molecule has 10 heteroatoms. The van der Waals surface area contributed by atoms with E-state index in [2.05, 4.69) is 15.5 Å². The van der Waals surface area contributed by atoms with Crippen molar-refractivity contribution in [3.63, 3.8) is 0 Å². The Morgan fingerprint density at radius 3 is 1.98 bits per heavy atom. The van der Waals surface area contributed by atoms with Gasteiger partial charge in [-0.05, 0) is 59.5 Å². The summed E-state index contributed by atoms with van der Waals surface area (Å²) in [6.07, 6.45) is 5.14. The van der Waals surface area contributed by atoms with E-state index < -0.39 is 4.92 Å². The third-order valence-electron chi connectivity index (χ3n) is 5.51. The summed E-state index contributed by atoms with van der Waals surface area (Å²) in [5.41, 5.74) is 4.02. The molecule has 0 spiro atoms. The van der Waals surface area contributed by atoms with Gasteiger partial charge in [-0.2, -0.15) is 0 Å². The summed E-state index contributed by atoms with van der Waals surface area (Å²) in [6.45, 7) is 2.13. The summed E-state index contributed by atoms with van der Waals surface area (Å²) in [4.78, 5) is 37.8. The number of nitro groups is 1. The third-order valence-corrected chi connectivity index (χ3v) is 5.51. The van der Waals surface area contributed by atoms with Crippen LogP contribution >= 0.6 is 0 Å². The smallest absolute Gasteiger partial charge is 0.315 e. The minimum Gasteiger partial charge on any atom is -0.391 e. The van der Waals surface area contributed by atoms with Crippen molar-refractivity contribution in [2.45, 2.75) is 13.5 Å². The second-order valence-corrected chi connectivity index (χ2v) is 8.44. The SMILES string of the molecule is Cc1cc(/C=N/Oc2ccc(/C=N/OCc3ccccc3)cc2[N+](=O)[O-])ccc1O/N=C/c1ccc(C=O)cc1. The molecule has 200 valence electrons. The molecule has 4 aromatic carbocycles. The molecule has 0 saturated heterocycles. The molecule has 0 aliphatic rings. The first-order chi connectivity index (χ1) is 19.5. The van der Waals surface area contributed by atoms with Gasteiger partial charge in [0.25, 0.3) is 0 Å².